The molecule has 0 aliphatic heterocycles. The summed E-state index contributed by atoms with van der Waals surface area (Å²) in [6, 6.07) is 16.9. The minimum atomic E-state index is 0.154. The fourth-order valence-electron chi connectivity index (χ4n) is 4.15. The average Bonchev–Trinajstić information content (AvgIpc) is 3.15. The van der Waals surface area contributed by atoms with Crippen LogP contribution in [-0.4, -0.2) is 38.0 Å². The van der Waals surface area contributed by atoms with Gasteiger partial charge in [-0.05, 0) is 37.8 Å². The first kappa shape index (κ1) is 24.2. The van der Waals surface area contributed by atoms with Crippen LogP contribution in [-0.2, 0) is 11.3 Å². The molecule has 178 valence electrons. The van der Waals surface area contributed by atoms with Crippen LogP contribution in [0.5, 0.6) is 0 Å². The summed E-state index contributed by atoms with van der Waals surface area (Å²) in [5.41, 5.74) is 5.31. The molecule has 0 saturated heterocycles. The number of rotatable bonds is 12. The molecule has 4 rings (SSSR count). The first-order valence-electron chi connectivity index (χ1n) is 12.2. The number of benzene rings is 2. The number of unbranched alkanes of at least 4 members (excludes halogenated alkanes) is 3. The molecule has 0 atom stereocenters. The number of aromatic nitrogens is 4. The third-order valence-electron chi connectivity index (χ3n) is 5.91. The van der Waals surface area contributed by atoms with Gasteiger partial charge in [-0.3, -0.25) is 4.79 Å². The van der Waals surface area contributed by atoms with Crippen LogP contribution < -0.4 is 5.32 Å². The van der Waals surface area contributed by atoms with E-state index in [2.05, 4.69) is 76.4 Å². The summed E-state index contributed by atoms with van der Waals surface area (Å²) in [6.45, 7) is 5.81. The summed E-state index contributed by atoms with van der Waals surface area (Å²) in [4.78, 5) is 16.8. The molecule has 0 aliphatic rings. The van der Waals surface area contributed by atoms with Gasteiger partial charge in [0.1, 0.15) is 5.52 Å². The van der Waals surface area contributed by atoms with Gasteiger partial charge in [0.25, 0.3) is 0 Å². The molecule has 0 unspecified atom stereocenters. The predicted octanol–water partition coefficient (Wildman–Crippen LogP) is 5.91. The molecule has 0 spiro atoms. The third-order valence-corrected chi connectivity index (χ3v) is 6.83. The van der Waals surface area contributed by atoms with E-state index in [1.54, 1.807) is 11.8 Å². The van der Waals surface area contributed by atoms with E-state index in [0.29, 0.717) is 11.6 Å². The van der Waals surface area contributed by atoms with Gasteiger partial charge in [-0.2, -0.15) is 0 Å². The first-order valence-corrected chi connectivity index (χ1v) is 13.2. The zero-order valence-electron chi connectivity index (χ0n) is 20.1. The molecule has 7 heteroatoms. The molecule has 34 heavy (non-hydrogen) atoms. The highest BCUT2D eigenvalue weighted by atomic mass is 32.2. The topological polar surface area (TPSA) is 72.7 Å². The lowest BCUT2D eigenvalue weighted by Gasteiger charge is -2.08. The van der Waals surface area contributed by atoms with Gasteiger partial charge in [0, 0.05) is 30.6 Å². The second-order valence-electron chi connectivity index (χ2n) is 8.72. The third kappa shape index (κ3) is 6.14. The van der Waals surface area contributed by atoms with Gasteiger partial charge in [-0.1, -0.05) is 79.6 Å². The largest absolute Gasteiger partial charge is 0.356 e. The first-order chi connectivity index (χ1) is 16.7. The van der Waals surface area contributed by atoms with Crippen LogP contribution in [0.25, 0.3) is 22.1 Å². The van der Waals surface area contributed by atoms with Crippen LogP contribution in [0.4, 0.5) is 0 Å². The normalized spacial score (nSPS) is 11.4. The second kappa shape index (κ2) is 12.0. The molecule has 0 saturated carbocycles. The van der Waals surface area contributed by atoms with Gasteiger partial charge in [-0.15, -0.1) is 10.2 Å². The molecule has 4 aromatic rings. The molecule has 1 N–H and O–H groups in total. The highest BCUT2D eigenvalue weighted by Gasteiger charge is 2.15. The number of carbonyl (C=O) groups is 1. The number of fused-ring (bicyclic) bond motifs is 3. The van der Waals surface area contributed by atoms with Crippen molar-refractivity contribution in [2.45, 2.75) is 64.1 Å². The van der Waals surface area contributed by atoms with Crippen molar-refractivity contribution in [2.75, 3.05) is 12.3 Å². The van der Waals surface area contributed by atoms with Gasteiger partial charge >= 0.3 is 0 Å². The number of carbonyl (C=O) groups excluding carboxylic acids is 1. The van der Waals surface area contributed by atoms with Crippen LogP contribution in [0.2, 0.25) is 0 Å². The van der Waals surface area contributed by atoms with Crippen molar-refractivity contribution in [3.05, 3.63) is 59.7 Å². The van der Waals surface area contributed by atoms with E-state index in [1.807, 2.05) is 6.07 Å². The molecular formula is C27H33N5OS. The SMILES string of the molecule is CCCCCNC(=O)CCCCSc1nnc2c3ccccc3n(Cc3cccc(C)c3)c2n1. The predicted molar refractivity (Wildman–Crippen MR) is 140 cm³/mol. The lowest BCUT2D eigenvalue weighted by Crippen LogP contribution is -2.23. The number of thioether (sulfide) groups is 1. The number of hydrogen-bond acceptors (Lipinski definition) is 5. The maximum atomic E-state index is 11.9. The number of para-hydroxylation sites is 1. The Morgan fingerprint density at radius 1 is 1.03 bits per heavy atom. The Morgan fingerprint density at radius 2 is 1.91 bits per heavy atom. The van der Waals surface area contributed by atoms with E-state index < -0.39 is 0 Å². The summed E-state index contributed by atoms with van der Waals surface area (Å²) in [7, 11) is 0. The second-order valence-corrected chi connectivity index (χ2v) is 9.78. The maximum Gasteiger partial charge on any atom is 0.219 e. The van der Waals surface area contributed by atoms with Gasteiger partial charge in [0.15, 0.2) is 5.65 Å². The van der Waals surface area contributed by atoms with Crippen molar-refractivity contribution in [3.63, 3.8) is 0 Å². The fourth-order valence-corrected chi connectivity index (χ4v) is 4.93. The zero-order chi connectivity index (χ0) is 23.8. The van der Waals surface area contributed by atoms with Crippen molar-refractivity contribution in [1.29, 1.82) is 0 Å². The van der Waals surface area contributed by atoms with E-state index in [4.69, 9.17) is 4.98 Å². The van der Waals surface area contributed by atoms with Crippen molar-refractivity contribution < 1.29 is 4.79 Å². The molecule has 0 aliphatic carbocycles. The molecule has 2 aromatic heterocycles. The summed E-state index contributed by atoms with van der Waals surface area (Å²) in [6.07, 6.45) is 5.79. The lowest BCUT2D eigenvalue weighted by atomic mass is 10.1. The Kier molecular flexibility index (Phi) is 8.52. The van der Waals surface area contributed by atoms with Crippen molar-refractivity contribution in [1.82, 2.24) is 25.1 Å². The van der Waals surface area contributed by atoms with Crippen LogP contribution in [0, 0.1) is 6.92 Å². The van der Waals surface area contributed by atoms with Crippen molar-refractivity contribution in [2.24, 2.45) is 0 Å². The maximum absolute atomic E-state index is 11.9. The molecular weight excluding hydrogens is 442 g/mol. The van der Waals surface area contributed by atoms with Gasteiger partial charge in [-0.25, -0.2) is 4.98 Å². The molecule has 6 nitrogen and oxygen atoms in total. The summed E-state index contributed by atoms with van der Waals surface area (Å²) in [5, 5.41) is 13.7. The molecule has 2 aromatic carbocycles. The minimum Gasteiger partial charge on any atom is -0.356 e. The van der Waals surface area contributed by atoms with Crippen molar-refractivity contribution in [3.8, 4) is 0 Å². The summed E-state index contributed by atoms with van der Waals surface area (Å²) >= 11 is 1.61. The fraction of sp³-hybridized carbons (Fsp3) is 0.407. The Balaban J connectivity index is 1.41. The average molecular weight is 476 g/mol. The Morgan fingerprint density at radius 3 is 2.76 bits per heavy atom. The summed E-state index contributed by atoms with van der Waals surface area (Å²) < 4.78 is 2.24. The van der Waals surface area contributed by atoms with Gasteiger partial charge < -0.3 is 9.88 Å². The highest BCUT2D eigenvalue weighted by molar-refractivity contribution is 7.99. The number of nitrogens with zero attached hydrogens (tertiary/aromatic N) is 4. The molecule has 0 bridgehead atoms. The smallest absolute Gasteiger partial charge is 0.219 e. The lowest BCUT2D eigenvalue weighted by molar-refractivity contribution is -0.121. The van der Waals surface area contributed by atoms with Crippen LogP contribution in [0.15, 0.2) is 53.7 Å². The minimum absolute atomic E-state index is 0.154. The number of amides is 1. The zero-order valence-corrected chi connectivity index (χ0v) is 20.9. The molecule has 0 radical (unpaired) electrons. The number of aryl methyl sites for hydroxylation is 1. The van der Waals surface area contributed by atoms with Crippen molar-refractivity contribution >= 4 is 39.7 Å². The highest BCUT2D eigenvalue weighted by Crippen LogP contribution is 2.28. The number of nitrogens with one attached hydrogen (secondary N) is 1. The number of hydrogen-bond donors (Lipinski definition) is 1. The van der Waals surface area contributed by atoms with Crippen LogP contribution >= 0.6 is 11.8 Å². The summed E-state index contributed by atoms with van der Waals surface area (Å²) in [5.74, 6) is 1.02. The van der Waals surface area contributed by atoms with E-state index in [9.17, 15) is 4.79 Å². The molecule has 2 heterocycles. The Bertz CT molecular complexity index is 1250. The Hall–Kier alpha value is -2.93. The van der Waals surface area contributed by atoms with Crippen LogP contribution in [0.3, 0.4) is 0 Å². The van der Waals surface area contributed by atoms with E-state index >= 15 is 0 Å². The molecule has 1 amide bonds. The van der Waals surface area contributed by atoms with E-state index in [0.717, 1.165) is 60.2 Å². The quantitative estimate of drug-likeness (QED) is 0.204. The monoisotopic (exact) mass is 475 g/mol. The molecule has 0 fully saturated rings. The van der Waals surface area contributed by atoms with Gasteiger partial charge in [0.2, 0.25) is 11.1 Å². The van der Waals surface area contributed by atoms with Crippen LogP contribution in [0.1, 0.15) is 56.6 Å². The Labute approximate surface area is 205 Å². The standard InChI is InChI=1S/C27H33N5OS/c1-3-4-8-16-28-24(33)15-7-9-17-34-27-29-26-25(30-31-27)22-13-5-6-14-23(22)32(26)19-21-12-10-11-20(2)18-21/h5-6,10-14,18H,3-4,7-9,15-17,19H2,1-2H3,(H,28,33). The van der Waals surface area contributed by atoms with E-state index in [1.165, 1.54) is 24.0 Å². The van der Waals surface area contributed by atoms with Gasteiger partial charge in [0.05, 0.1) is 5.52 Å². The van der Waals surface area contributed by atoms with E-state index in [-0.39, 0.29) is 5.91 Å².